The number of hydrogen-bond donors (Lipinski definition) is 1. The molecular weight excluding hydrogens is 220 g/mol. The Kier molecular flexibility index (Phi) is 2.48. The van der Waals surface area contributed by atoms with Crippen LogP contribution in [0.1, 0.15) is 0 Å². The summed E-state index contributed by atoms with van der Waals surface area (Å²) < 4.78 is 0. The maximum absolute atomic E-state index is 11.5. The van der Waals surface area contributed by atoms with Crippen LogP contribution >= 0.6 is 23.4 Å². The molecule has 3 nitrogen and oxygen atoms in total. The van der Waals surface area contributed by atoms with Gasteiger partial charge in [-0.25, -0.2) is 4.98 Å². The summed E-state index contributed by atoms with van der Waals surface area (Å²) in [5, 5.41) is 1.75. The Balaban J connectivity index is 2.84. The minimum absolute atomic E-state index is 0.129. The average molecular weight is 227 g/mol. The average Bonchev–Trinajstić information content (AvgIpc) is 2.16. The van der Waals surface area contributed by atoms with Gasteiger partial charge in [0.05, 0.1) is 10.9 Å². The molecule has 0 aliphatic carbocycles. The van der Waals surface area contributed by atoms with E-state index < -0.39 is 0 Å². The lowest BCUT2D eigenvalue weighted by Crippen LogP contribution is -2.08. The van der Waals surface area contributed by atoms with Crippen molar-refractivity contribution < 1.29 is 0 Å². The van der Waals surface area contributed by atoms with Crippen LogP contribution in [0.2, 0.25) is 5.02 Å². The molecule has 0 amide bonds. The maximum Gasteiger partial charge on any atom is 0.259 e. The normalized spacial score (nSPS) is 10.7. The van der Waals surface area contributed by atoms with E-state index in [0.29, 0.717) is 21.1 Å². The molecule has 72 valence electrons. The first-order valence-corrected chi connectivity index (χ1v) is 5.54. The summed E-state index contributed by atoms with van der Waals surface area (Å²) in [4.78, 5) is 18.4. The number of aromatic amines is 1. The monoisotopic (exact) mass is 226 g/mol. The second-order valence-corrected chi connectivity index (χ2v) is 3.97. The second kappa shape index (κ2) is 3.63. The molecule has 0 atom stereocenters. The Labute approximate surface area is 89.5 Å². The number of H-pyrrole nitrogens is 1. The van der Waals surface area contributed by atoms with E-state index in [2.05, 4.69) is 9.97 Å². The highest BCUT2D eigenvalue weighted by Crippen LogP contribution is 2.16. The van der Waals surface area contributed by atoms with E-state index in [0.717, 1.165) is 0 Å². The van der Waals surface area contributed by atoms with Crippen molar-refractivity contribution in [3.63, 3.8) is 0 Å². The van der Waals surface area contributed by atoms with E-state index in [1.807, 2.05) is 6.26 Å². The fraction of sp³-hybridized carbons (Fsp3) is 0.111. The quantitative estimate of drug-likeness (QED) is 0.600. The van der Waals surface area contributed by atoms with Crippen LogP contribution in [0.4, 0.5) is 0 Å². The minimum atomic E-state index is -0.129. The predicted octanol–water partition coefficient (Wildman–Crippen LogP) is 2.30. The van der Waals surface area contributed by atoms with E-state index in [4.69, 9.17) is 11.6 Å². The number of aromatic nitrogens is 2. The molecule has 0 aliphatic rings. The Hall–Kier alpha value is -1.00. The highest BCUT2D eigenvalue weighted by molar-refractivity contribution is 7.98. The lowest BCUT2D eigenvalue weighted by molar-refractivity contribution is 0.978. The number of nitrogens with one attached hydrogen (secondary N) is 1. The van der Waals surface area contributed by atoms with Crippen molar-refractivity contribution in [2.24, 2.45) is 0 Å². The van der Waals surface area contributed by atoms with E-state index >= 15 is 0 Å². The zero-order valence-electron chi connectivity index (χ0n) is 7.37. The fourth-order valence-electron chi connectivity index (χ4n) is 1.19. The van der Waals surface area contributed by atoms with Gasteiger partial charge in [0.1, 0.15) is 0 Å². The first-order valence-electron chi connectivity index (χ1n) is 3.94. The van der Waals surface area contributed by atoms with Gasteiger partial charge in [0.2, 0.25) is 0 Å². The van der Waals surface area contributed by atoms with Gasteiger partial charge in [0.15, 0.2) is 5.16 Å². The minimum Gasteiger partial charge on any atom is -0.301 e. The van der Waals surface area contributed by atoms with Gasteiger partial charge >= 0.3 is 0 Å². The van der Waals surface area contributed by atoms with Gasteiger partial charge in [-0.2, -0.15) is 0 Å². The van der Waals surface area contributed by atoms with E-state index in [1.165, 1.54) is 11.8 Å². The highest BCUT2D eigenvalue weighted by Gasteiger charge is 2.02. The van der Waals surface area contributed by atoms with Crippen LogP contribution < -0.4 is 5.56 Å². The first-order chi connectivity index (χ1) is 6.70. The van der Waals surface area contributed by atoms with Gasteiger partial charge in [0.25, 0.3) is 5.56 Å². The molecule has 1 N–H and O–H groups in total. The van der Waals surface area contributed by atoms with Crippen molar-refractivity contribution >= 4 is 34.3 Å². The van der Waals surface area contributed by atoms with E-state index in [9.17, 15) is 4.79 Å². The summed E-state index contributed by atoms with van der Waals surface area (Å²) >= 11 is 7.20. The van der Waals surface area contributed by atoms with Crippen molar-refractivity contribution in [2.75, 3.05) is 6.26 Å². The van der Waals surface area contributed by atoms with Crippen molar-refractivity contribution in [3.8, 4) is 0 Å². The number of thioether (sulfide) groups is 1. The van der Waals surface area contributed by atoms with Crippen LogP contribution in [-0.2, 0) is 0 Å². The Morgan fingerprint density at radius 2 is 2.29 bits per heavy atom. The molecule has 0 aliphatic heterocycles. The van der Waals surface area contributed by atoms with Gasteiger partial charge in [0, 0.05) is 5.02 Å². The first kappa shape index (κ1) is 9.55. The number of hydrogen-bond acceptors (Lipinski definition) is 3. The van der Waals surface area contributed by atoms with Crippen LogP contribution in [0.15, 0.2) is 28.2 Å². The standard InChI is InChI=1S/C9H7ClN2OS/c1-14-9-11-7-4-5(10)2-3-6(7)8(13)12-9/h2-4H,1H3,(H,11,12,13). The van der Waals surface area contributed by atoms with Crippen LogP contribution in [0, 0.1) is 0 Å². The molecule has 0 fully saturated rings. The van der Waals surface area contributed by atoms with Crippen molar-refractivity contribution in [3.05, 3.63) is 33.6 Å². The molecule has 0 radical (unpaired) electrons. The summed E-state index contributed by atoms with van der Waals surface area (Å²) in [6.07, 6.45) is 1.86. The highest BCUT2D eigenvalue weighted by atomic mass is 35.5. The van der Waals surface area contributed by atoms with Crippen molar-refractivity contribution in [1.29, 1.82) is 0 Å². The largest absolute Gasteiger partial charge is 0.301 e. The van der Waals surface area contributed by atoms with E-state index in [1.54, 1.807) is 18.2 Å². The summed E-state index contributed by atoms with van der Waals surface area (Å²) in [5.74, 6) is 0. The summed E-state index contributed by atoms with van der Waals surface area (Å²) in [5.41, 5.74) is 0.501. The summed E-state index contributed by atoms with van der Waals surface area (Å²) in [6, 6.07) is 5.04. The lowest BCUT2D eigenvalue weighted by atomic mass is 10.2. The number of benzene rings is 1. The summed E-state index contributed by atoms with van der Waals surface area (Å²) in [7, 11) is 0. The topological polar surface area (TPSA) is 45.8 Å². The molecule has 0 saturated carbocycles. The number of halogens is 1. The maximum atomic E-state index is 11.5. The van der Waals surface area contributed by atoms with Gasteiger partial charge in [-0.3, -0.25) is 4.79 Å². The van der Waals surface area contributed by atoms with Crippen LogP contribution in [0.3, 0.4) is 0 Å². The third-order valence-electron chi connectivity index (χ3n) is 1.84. The lowest BCUT2D eigenvalue weighted by Gasteiger charge is -1.99. The van der Waals surface area contributed by atoms with Gasteiger partial charge in [-0.1, -0.05) is 23.4 Å². The Morgan fingerprint density at radius 1 is 1.50 bits per heavy atom. The van der Waals surface area contributed by atoms with E-state index in [-0.39, 0.29) is 5.56 Å². The SMILES string of the molecule is CSc1nc2cc(Cl)ccc2c(=O)[nH]1. The molecule has 1 aromatic carbocycles. The molecule has 2 aromatic rings. The van der Waals surface area contributed by atoms with Gasteiger partial charge in [-0.15, -0.1) is 0 Å². The molecule has 2 rings (SSSR count). The van der Waals surface area contributed by atoms with Crippen LogP contribution in [0.5, 0.6) is 0 Å². The molecule has 5 heteroatoms. The van der Waals surface area contributed by atoms with Crippen LogP contribution in [0.25, 0.3) is 10.9 Å². The molecule has 1 heterocycles. The third kappa shape index (κ3) is 1.63. The summed E-state index contributed by atoms with van der Waals surface area (Å²) in [6.45, 7) is 0. The molecular formula is C9H7ClN2OS. The zero-order valence-corrected chi connectivity index (χ0v) is 8.95. The van der Waals surface area contributed by atoms with Gasteiger partial charge < -0.3 is 4.98 Å². The van der Waals surface area contributed by atoms with Crippen LogP contribution in [-0.4, -0.2) is 16.2 Å². The third-order valence-corrected chi connectivity index (χ3v) is 2.66. The Bertz CT molecular complexity index is 538. The Morgan fingerprint density at radius 3 is 3.00 bits per heavy atom. The molecule has 0 bridgehead atoms. The molecule has 14 heavy (non-hydrogen) atoms. The zero-order chi connectivity index (χ0) is 10.1. The molecule has 0 spiro atoms. The number of rotatable bonds is 1. The van der Waals surface area contributed by atoms with Crippen molar-refractivity contribution in [2.45, 2.75) is 5.16 Å². The number of fused-ring (bicyclic) bond motifs is 1. The fourth-order valence-corrected chi connectivity index (χ4v) is 1.74. The predicted molar refractivity (Wildman–Crippen MR) is 59.2 cm³/mol. The number of nitrogens with zero attached hydrogens (tertiary/aromatic N) is 1. The molecule has 0 unspecified atom stereocenters. The van der Waals surface area contributed by atoms with Gasteiger partial charge in [-0.05, 0) is 24.5 Å². The molecule has 0 saturated heterocycles. The second-order valence-electron chi connectivity index (χ2n) is 2.74. The smallest absolute Gasteiger partial charge is 0.259 e. The van der Waals surface area contributed by atoms with Crippen molar-refractivity contribution in [1.82, 2.24) is 9.97 Å². The molecule has 1 aromatic heterocycles.